The number of rotatable bonds is 25. The van der Waals surface area contributed by atoms with Crippen molar-refractivity contribution in [1.82, 2.24) is 16.0 Å². The van der Waals surface area contributed by atoms with E-state index >= 15 is 0 Å². The molecular weight excluding hydrogens is 1210 g/mol. The van der Waals surface area contributed by atoms with Gasteiger partial charge in [-0.2, -0.15) is 0 Å². The fourth-order valence-corrected chi connectivity index (χ4v) is 11.0. The zero-order valence-corrected chi connectivity index (χ0v) is 46.9. The number of aliphatic hydroxyl groups is 19. The van der Waals surface area contributed by atoms with Gasteiger partial charge in [0.05, 0.1) is 63.9 Å². The Morgan fingerprint density at radius 3 is 1.34 bits per heavy atom. The average Bonchev–Trinajstić information content (AvgIpc) is 0.821. The minimum absolute atomic E-state index is 0.864. The number of ether oxygens (including phenoxy) is 11. The summed E-state index contributed by atoms with van der Waals surface area (Å²) in [6.07, 6.45) is -61.6. The Labute approximate surface area is 496 Å². The number of nitrogens with one attached hydrogen (secondary N) is 3. The molecule has 0 spiro atoms. The molecule has 24 N–H and O–H groups in total. The van der Waals surface area contributed by atoms with Crippen LogP contribution in [0.1, 0.15) is 33.6 Å². The SMILES string of the molecule is CC(=O)N[C@H]1[C@H](O[C@@H]2[C@@H](O)[C@@H](O)[C@H](O[C@@H]3[C@H](O)[C@@H](O)[C@H](O)O[C@@H]3CO)O[C@@H]2CO)O[C@H](CO[C@]2(C(=O)O)C[C@H](O)[C@@H](NC(C)=O)[C@H]([C@H](O)[C@H](O)CO)O2)[C@H](O)[C@@H]1O[C@@H]1O[C@H](CO)[C@H](O)[C@H](O[C@]2(C(=O)O)C[C@H](O)[C@@H](NC(C)=O)[C@H]([C@H](O)[C@H](O)CO)O2)[C@H]1O. The van der Waals surface area contributed by atoms with E-state index in [2.05, 4.69) is 16.0 Å². The second-order valence-electron chi connectivity index (χ2n) is 21.9. The number of carbonyl (C=O) groups is 5. The summed E-state index contributed by atoms with van der Waals surface area (Å²) >= 11 is 0. The van der Waals surface area contributed by atoms with Crippen molar-refractivity contribution < 1.29 is 183 Å². The van der Waals surface area contributed by atoms with E-state index in [1.165, 1.54) is 0 Å². The van der Waals surface area contributed by atoms with Crippen molar-refractivity contribution >= 4 is 29.7 Å². The van der Waals surface area contributed by atoms with Gasteiger partial charge in [-0.05, 0) is 0 Å². The molecule has 0 saturated carbocycles. The summed E-state index contributed by atoms with van der Waals surface area (Å²) < 4.78 is 63.1. The number of carbonyl (C=O) groups excluding carboxylic acids is 3. The van der Waals surface area contributed by atoms with Crippen molar-refractivity contribution in [3.8, 4) is 0 Å². The van der Waals surface area contributed by atoms with Crippen molar-refractivity contribution in [2.24, 2.45) is 0 Å². The van der Waals surface area contributed by atoms with Gasteiger partial charge in [-0.25, -0.2) is 9.59 Å². The first kappa shape index (κ1) is 73.2. The first-order chi connectivity index (χ1) is 41.2. The highest BCUT2D eigenvalue weighted by molar-refractivity contribution is 5.77. The van der Waals surface area contributed by atoms with Gasteiger partial charge in [-0.15, -0.1) is 0 Å². The Hall–Kier alpha value is -3.85. The molecule has 3 amide bonds. The standard InChI is InChI=1S/C48H79N3O37/c1-12(57)49-23-15(60)4-47(45(74)75,86-38(23)26(64)17(62)6-52)78-11-22-29(67)37(25(51-14(3)59)42(82-22)83-36-21(10-56)81-43(33(71)31(36)69)84-35-20(9-55)79-41(73)32(70)30(35)68)85-44-34(72)40(28(66)19(8-54)80-44)88-48(46(76)77)5-16(61)24(50-13(2)58)39(87-48)27(65)18(63)7-53/h15-44,52-56,60-73H,4-11H2,1-3H3,(H,49,57)(H,50,58)(H,51,59)(H,74,75)(H,76,77)/t15-,16-,17+,18+,19+,20+,21+,22+,23+,24+,25+,26+,27+,28-,29-,30+,31-,32+,33+,34+,35-,36-,37+,38+,39+,40-,41+,42-,43-,44-,47+,48-/m0/s1. The van der Waals surface area contributed by atoms with Crippen molar-refractivity contribution in [3.05, 3.63) is 0 Å². The molecule has 32 atom stereocenters. The van der Waals surface area contributed by atoms with Gasteiger partial charge in [0.15, 0.2) is 25.2 Å². The Morgan fingerprint density at radius 2 is 0.864 bits per heavy atom. The van der Waals surface area contributed by atoms with Gasteiger partial charge in [-0.3, -0.25) is 14.4 Å². The summed E-state index contributed by atoms with van der Waals surface area (Å²) in [4.78, 5) is 64.0. The predicted octanol–water partition coefficient (Wildman–Crippen LogP) is -15.3. The molecule has 0 radical (unpaired) electrons. The van der Waals surface area contributed by atoms with Crippen LogP contribution in [0.4, 0.5) is 0 Å². The third-order valence-electron chi connectivity index (χ3n) is 15.6. The lowest BCUT2D eigenvalue weighted by atomic mass is 9.88. The van der Waals surface area contributed by atoms with E-state index in [4.69, 9.17) is 52.1 Å². The lowest BCUT2D eigenvalue weighted by Crippen LogP contribution is -2.72. The van der Waals surface area contributed by atoms with Gasteiger partial charge in [0.1, 0.15) is 134 Å². The first-order valence-electron chi connectivity index (χ1n) is 27.4. The van der Waals surface area contributed by atoms with Gasteiger partial charge in [0.25, 0.3) is 11.6 Å². The number of carboxylic acid groups (broad SMARTS) is 2. The van der Waals surface area contributed by atoms with Crippen LogP contribution in [0.3, 0.4) is 0 Å². The smallest absolute Gasteiger partial charge is 0.364 e. The molecule has 6 heterocycles. The van der Waals surface area contributed by atoms with Crippen molar-refractivity contribution in [3.63, 3.8) is 0 Å². The van der Waals surface area contributed by atoms with Crippen LogP contribution >= 0.6 is 0 Å². The van der Waals surface area contributed by atoms with E-state index in [0.29, 0.717) is 0 Å². The molecule has 0 bridgehead atoms. The average molecular weight is 1290 g/mol. The van der Waals surface area contributed by atoms with Crippen molar-refractivity contribution in [1.29, 1.82) is 0 Å². The zero-order valence-electron chi connectivity index (χ0n) is 46.9. The monoisotopic (exact) mass is 1290 g/mol. The topological polar surface area (TPSA) is 648 Å². The Balaban J connectivity index is 1.40. The van der Waals surface area contributed by atoms with Gasteiger partial charge < -0.3 is 175 Å². The molecule has 6 rings (SSSR count). The van der Waals surface area contributed by atoms with E-state index in [1.807, 2.05) is 0 Å². The summed E-state index contributed by atoms with van der Waals surface area (Å²) in [5, 5.41) is 234. The van der Waals surface area contributed by atoms with Crippen LogP contribution in [-0.4, -0.2) is 372 Å². The van der Waals surface area contributed by atoms with Gasteiger partial charge in [-0.1, -0.05) is 0 Å². The molecular formula is C48H79N3O37. The van der Waals surface area contributed by atoms with Crippen LogP contribution in [-0.2, 0) is 76.1 Å². The largest absolute Gasteiger partial charge is 0.477 e. The number of carboxylic acids is 2. The second-order valence-corrected chi connectivity index (χ2v) is 21.9. The highest BCUT2D eigenvalue weighted by atomic mass is 16.8. The summed E-state index contributed by atoms with van der Waals surface area (Å²) in [6, 6.07) is -5.59. The van der Waals surface area contributed by atoms with Crippen LogP contribution in [0.2, 0.25) is 0 Å². The van der Waals surface area contributed by atoms with Crippen molar-refractivity contribution in [2.75, 3.05) is 39.6 Å². The molecule has 0 aliphatic carbocycles. The minimum Gasteiger partial charge on any atom is -0.477 e. The quantitative estimate of drug-likeness (QED) is 0.0404. The van der Waals surface area contributed by atoms with Crippen LogP contribution in [0.25, 0.3) is 0 Å². The third kappa shape index (κ3) is 15.8. The highest BCUT2D eigenvalue weighted by Crippen LogP contribution is 2.41. The maximum atomic E-state index is 13.2. The Morgan fingerprint density at radius 1 is 0.466 bits per heavy atom. The minimum atomic E-state index is -3.33. The predicted molar refractivity (Wildman–Crippen MR) is 268 cm³/mol. The molecule has 0 unspecified atom stereocenters. The molecule has 0 aromatic heterocycles. The van der Waals surface area contributed by atoms with Crippen LogP contribution in [0.5, 0.6) is 0 Å². The van der Waals surface area contributed by atoms with E-state index < -0.39 is 277 Å². The lowest BCUT2D eigenvalue weighted by Gasteiger charge is -2.52. The van der Waals surface area contributed by atoms with Crippen molar-refractivity contribution in [2.45, 2.75) is 229 Å². The van der Waals surface area contributed by atoms with Gasteiger partial charge in [0.2, 0.25) is 17.7 Å². The van der Waals surface area contributed by atoms with E-state index in [0.717, 1.165) is 20.8 Å². The molecule has 6 fully saturated rings. The van der Waals surface area contributed by atoms with Crippen LogP contribution in [0.15, 0.2) is 0 Å². The highest BCUT2D eigenvalue weighted by Gasteiger charge is 2.62. The molecule has 6 saturated heterocycles. The van der Waals surface area contributed by atoms with E-state index in [-0.39, 0.29) is 0 Å². The first-order valence-corrected chi connectivity index (χ1v) is 27.4. The number of amides is 3. The molecule has 6 aliphatic rings. The van der Waals surface area contributed by atoms with E-state index in [1.54, 1.807) is 0 Å². The van der Waals surface area contributed by atoms with Gasteiger partial charge >= 0.3 is 11.9 Å². The van der Waals surface area contributed by atoms with Gasteiger partial charge in [0, 0.05) is 33.6 Å². The normalized spacial score (nSPS) is 44.6. The number of aliphatic carboxylic acids is 2. The summed E-state index contributed by atoms with van der Waals surface area (Å²) in [7, 11) is 0. The molecule has 40 nitrogen and oxygen atoms in total. The summed E-state index contributed by atoms with van der Waals surface area (Å²) in [5.74, 6) is -13.6. The fraction of sp³-hybridized carbons (Fsp3) is 0.896. The third-order valence-corrected chi connectivity index (χ3v) is 15.6. The fourth-order valence-electron chi connectivity index (χ4n) is 11.0. The number of hydrogen-bond donors (Lipinski definition) is 24. The molecule has 0 aromatic rings. The maximum Gasteiger partial charge on any atom is 0.364 e. The Bertz CT molecular complexity index is 2320. The second kappa shape index (κ2) is 30.7. The molecule has 6 aliphatic heterocycles. The van der Waals surface area contributed by atoms with E-state index in [9.17, 15) is 131 Å². The van der Waals surface area contributed by atoms with Crippen LogP contribution < -0.4 is 16.0 Å². The number of hydrogen-bond acceptors (Lipinski definition) is 35. The summed E-state index contributed by atoms with van der Waals surface area (Å²) in [5.41, 5.74) is 0. The maximum absolute atomic E-state index is 13.2. The number of aliphatic hydroxyl groups excluding tert-OH is 19. The molecule has 0 aromatic carbocycles. The molecule has 40 heteroatoms. The summed E-state index contributed by atoms with van der Waals surface area (Å²) in [6.45, 7) is -4.40. The zero-order chi connectivity index (χ0) is 65.8. The Kier molecular flexibility index (Phi) is 25.6. The van der Waals surface area contributed by atoms with Crippen LogP contribution in [0, 0.1) is 0 Å². The molecule has 508 valence electrons. The molecule has 88 heavy (non-hydrogen) atoms. The lowest BCUT2D eigenvalue weighted by molar-refractivity contribution is -0.390.